The molecule has 0 spiro atoms. The minimum atomic E-state index is -0.634. The van der Waals surface area contributed by atoms with Gasteiger partial charge in [-0.05, 0) is 6.08 Å². The van der Waals surface area contributed by atoms with Crippen LogP contribution in [-0.2, 0) is 9.53 Å². The molecule has 6 heteroatoms. The van der Waals surface area contributed by atoms with E-state index in [0.717, 1.165) is 18.8 Å². The average Bonchev–Trinajstić information content (AvgIpc) is 2.29. The molecule has 2 unspecified atom stereocenters. The van der Waals surface area contributed by atoms with Crippen molar-refractivity contribution in [1.29, 1.82) is 0 Å². The van der Waals surface area contributed by atoms with Crippen LogP contribution in [-0.4, -0.2) is 55.4 Å². The van der Waals surface area contributed by atoms with Crippen molar-refractivity contribution in [2.24, 2.45) is 16.5 Å². The normalized spacial score (nSPS) is 30.1. The Morgan fingerprint density at radius 3 is 2.75 bits per heavy atom. The van der Waals surface area contributed by atoms with E-state index in [1.165, 1.54) is 0 Å². The molecule has 0 saturated carbocycles. The summed E-state index contributed by atoms with van der Waals surface area (Å²) in [4.78, 5) is 17.2. The lowest BCUT2D eigenvalue weighted by Gasteiger charge is -2.32. The van der Waals surface area contributed by atoms with Gasteiger partial charge in [-0.3, -0.25) is 9.79 Å². The number of dihydropyridines is 1. The number of nitrogens with two attached hydrogens (primary N) is 2. The summed E-state index contributed by atoms with van der Waals surface area (Å²) in [5.74, 6) is -0.485. The van der Waals surface area contributed by atoms with Crippen LogP contribution in [0, 0.1) is 0 Å². The molecule has 88 valence electrons. The third-order valence-electron chi connectivity index (χ3n) is 2.76. The zero-order valence-corrected chi connectivity index (χ0v) is 9.00. The smallest absolute Gasteiger partial charge is 0.244 e. The second kappa shape index (κ2) is 4.63. The first-order chi connectivity index (χ1) is 7.68. The van der Waals surface area contributed by atoms with E-state index in [0.29, 0.717) is 13.2 Å². The maximum atomic E-state index is 11.0. The van der Waals surface area contributed by atoms with Gasteiger partial charge >= 0.3 is 0 Å². The van der Waals surface area contributed by atoms with Crippen molar-refractivity contribution in [3.05, 3.63) is 11.8 Å². The first kappa shape index (κ1) is 11.1. The topological polar surface area (TPSA) is 93.9 Å². The summed E-state index contributed by atoms with van der Waals surface area (Å²) < 4.78 is 5.26. The van der Waals surface area contributed by atoms with E-state index in [2.05, 4.69) is 9.89 Å². The number of nitrogens with zero attached hydrogens (tertiary/aromatic N) is 2. The second-order valence-electron chi connectivity index (χ2n) is 3.89. The Morgan fingerprint density at radius 2 is 2.19 bits per heavy atom. The Hall–Kier alpha value is -1.40. The van der Waals surface area contributed by atoms with Gasteiger partial charge < -0.3 is 21.1 Å². The Balaban J connectivity index is 2.05. The molecule has 0 aromatic rings. The van der Waals surface area contributed by atoms with Gasteiger partial charge in [0.1, 0.15) is 6.04 Å². The largest absolute Gasteiger partial charge is 0.378 e. The highest BCUT2D eigenvalue weighted by Crippen LogP contribution is 2.13. The molecule has 2 rings (SSSR count). The SMILES string of the molecule is NC(=O)C1N=CC(N2CCOCC2)=CC1N. The lowest BCUT2D eigenvalue weighted by Crippen LogP contribution is -2.46. The van der Waals surface area contributed by atoms with Crippen LogP contribution >= 0.6 is 0 Å². The molecule has 0 radical (unpaired) electrons. The number of hydrogen-bond acceptors (Lipinski definition) is 5. The summed E-state index contributed by atoms with van der Waals surface area (Å²) in [6.45, 7) is 3.07. The predicted molar refractivity (Wildman–Crippen MR) is 59.9 cm³/mol. The van der Waals surface area contributed by atoms with E-state index in [1.54, 1.807) is 6.21 Å². The van der Waals surface area contributed by atoms with Crippen LogP contribution in [0.15, 0.2) is 16.8 Å². The molecule has 2 aliphatic rings. The lowest BCUT2D eigenvalue weighted by molar-refractivity contribution is -0.119. The molecule has 0 aliphatic carbocycles. The van der Waals surface area contributed by atoms with Gasteiger partial charge in [-0.25, -0.2) is 0 Å². The molecule has 0 bridgehead atoms. The quantitative estimate of drug-likeness (QED) is 0.595. The molecule has 2 atom stereocenters. The molecule has 6 nitrogen and oxygen atoms in total. The van der Waals surface area contributed by atoms with Gasteiger partial charge in [-0.1, -0.05) is 0 Å². The number of carbonyl (C=O) groups is 1. The Labute approximate surface area is 93.9 Å². The number of primary amides is 1. The Kier molecular flexibility index (Phi) is 3.21. The number of ether oxygens (including phenoxy) is 1. The van der Waals surface area contributed by atoms with E-state index in [9.17, 15) is 4.79 Å². The Bertz CT molecular complexity index is 334. The van der Waals surface area contributed by atoms with Gasteiger partial charge in [0.25, 0.3) is 0 Å². The van der Waals surface area contributed by atoms with Gasteiger partial charge in [-0.15, -0.1) is 0 Å². The zero-order valence-electron chi connectivity index (χ0n) is 9.00. The molecule has 4 N–H and O–H groups in total. The maximum Gasteiger partial charge on any atom is 0.244 e. The van der Waals surface area contributed by atoms with Gasteiger partial charge in [0.05, 0.1) is 25.0 Å². The number of carbonyl (C=O) groups excluding carboxylic acids is 1. The molecule has 2 aliphatic heterocycles. The third-order valence-corrected chi connectivity index (χ3v) is 2.76. The van der Waals surface area contributed by atoms with Gasteiger partial charge in [0, 0.05) is 19.3 Å². The predicted octanol–water partition coefficient (Wildman–Crippen LogP) is -1.53. The zero-order chi connectivity index (χ0) is 11.5. The molecule has 1 amide bonds. The molecular weight excluding hydrogens is 208 g/mol. The Morgan fingerprint density at radius 1 is 1.50 bits per heavy atom. The van der Waals surface area contributed by atoms with E-state index < -0.39 is 18.0 Å². The van der Waals surface area contributed by atoms with Crippen LogP contribution in [0.1, 0.15) is 0 Å². The summed E-state index contributed by atoms with van der Waals surface area (Å²) in [7, 11) is 0. The van der Waals surface area contributed by atoms with Crippen molar-refractivity contribution < 1.29 is 9.53 Å². The summed E-state index contributed by atoms with van der Waals surface area (Å²) >= 11 is 0. The monoisotopic (exact) mass is 224 g/mol. The highest BCUT2D eigenvalue weighted by atomic mass is 16.5. The van der Waals surface area contributed by atoms with Gasteiger partial charge in [0.2, 0.25) is 5.91 Å². The third kappa shape index (κ3) is 2.23. The first-order valence-electron chi connectivity index (χ1n) is 5.31. The summed E-state index contributed by atoms with van der Waals surface area (Å²) in [6, 6.07) is -1.06. The van der Waals surface area contributed by atoms with Crippen LogP contribution in [0.5, 0.6) is 0 Å². The van der Waals surface area contributed by atoms with Crippen LogP contribution in [0.3, 0.4) is 0 Å². The fourth-order valence-electron chi connectivity index (χ4n) is 1.86. The van der Waals surface area contributed by atoms with Crippen LogP contribution in [0.2, 0.25) is 0 Å². The number of amides is 1. The van der Waals surface area contributed by atoms with E-state index in [1.807, 2.05) is 6.08 Å². The van der Waals surface area contributed by atoms with Crippen molar-refractivity contribution in [2.45, 2.75) is 12.1 Å². The van der Waals surface area contributed by atoms with E-state index >= 15 is 0 Å². The fraction of sp³-hybridized carbons (Fsp3) is 0.600. The van der Waals surface area contributed by atoms with Gasteiger partial charge in [-0.2, -0.15) is 0 Å². The molecule has 1 fully saturated rings. The second-order valence-corrected chi connectivity index (χ2v) is 3.89. The molecule has 2 heterocycles. The number of morpholine rings is 1. The van der Waals surface area contributed by atoms with Crippen LogP contribution < -0.4 is 11.5 Å². The van der Waals surface area contributed by atoms with Crippen molar-refractivity contribution in [3.63, 3.8) is 0 Å². The summed E-state index contributed by atoms with van der Waals surface area (Å²) in [5, 5.41) is 0. The highest BCUT2D eigenvalue weighted by molar-refractivity contribution is 5.88. The molecule has 16 heavy (non-hydrogen) atoms. The standard InChI is InChI=1S/C10H16N4O2/c11-8-5-7(6-13-9(8)10(12)15)14-1-3-16-4-2-14/h5-6,8-9H,1-4,11H2,(H2,12,15). The number of allylic oxidation sites excluding steroid dienone is 1. The van der Waals surface area contributed by atoms with Gasteiger partial charge in [0.15, 0.2) is 0 Å². The average molecular weight is 224 g/mol. The molecule has 1 saturated heterocycles. The maximum absolute atomic E-state index is 11.0. The fourth-order valence-corrected chi connectivity index (χ4v) is 1.86. The minimum absolute atomic E-state index is 0.430. The van der Waals surface area contributed by atoms with E-state index in [-0.39, 0.29) is 0 Å². The number of rotatable bonds is 2. The van der Waals surface area contributed by atoms with Crippen LogP contribution in [0.25, 0.3) is 0 Å². The van der Waals surface area contributed by atoms with Crippen LogP contribution in [0.4, 0.5) is 0 Å². The first-order valence-corrected chi connectivity index (χ1v) is 5.31. The van der Waals surface area contributed by atoms with Crippen molar-refractivity contribution in [1.82, 2.24) is 4.90 Å². The molecule has 0 aromatic heterocycles. The highest BCUT2D eigenvalue weighted by Gasteiger charge is 2.25. The summed E-state index contributed by atoms with van der Waals surface area (Å²) in [5.41, 5.74) is 12.0. The molecular formula is C10H16N4O2. The number of aliphatic imine (C=N–C) groups is 1. The molecule has 0 aromatic carbocycles. The van der Waals surface area contributed by atoms with Crippen molar-refractivity contribution in [2.75, 3.05) is 26.3 Å². The number of hydrogen-bond donors (Lipinski definition) is 2. The van der Waals surface area contributed by atoms with Crippen molar-refractivity contribution >= 4 is 12.1 Å². The van der Waals surface area contributed by atoms with Crippen molar-refractivity contribution in [3.8, 4) is 0 Å². The minimum Gasteiger partial charge on any atom is -0.378 e. The lowest BCUT2D eigenvalue weighted by atomic mass is 10.1. The summed E-state index contributed by atoms with van der Waals surface area (Å²) in [6.07, 6.45) is 3.51. The van der Waals surface area contributed by atoms with E-state index in [4.69, 9.17) is 16.2 Å².